The Balaban J connectivity index is 1.82. The van der Waals surface area contributed by atoms with Crippen LogP contribution >= 0.6 is 0 Å². The van der Waals surface area contributed by atoms with Crippen LogP contribution in [0.3, 0.4) is 0 Å². The number of carbonyl (C=O) groups excluding carboxylic acids is 1. The molecule has 1 saturated heterocycles. The number of amides is 1. The second kappa shape index (κ2) is 4.87. The van der Waals surface area contributed by atoms with Crippen LogP contribution in [0.1, 0.15) is 30.1 Å². The van der Waals surface area contributed by atoms with E-state index in [1.54, 1.807) is 6.20 Å². The standard InChI is InChI=1S/C16H18N2O2/c1-16(20)6-9-18(10-7-16)15(19)13-4-5-14-12(11-13)3-2-8-17-14/h2-5,8,11,20H,6-7,9-10H2,1H3. The van der Waals surface area contributed by atoms with Crippen molar-refractivity contribution in [1.82, 2.24) is 9.88 Å². The number of carbonyl (C=O) groups is 1. The van der Waals surface area contributed by atoms with Crippen LogP contribution in [0.25, 0.3) is 10.9 Å². The van der Waals surface area contributed by atoms with E-state index in [1.807, 2.05) is 42.2 Å². The maximum absolute atomic E-state index is 12.5. The molecule has 1 aliphatic heterocycles. The van der Waals surface area contributed by atoms with Crippen molar-refractivity contribution in [2.45, 2.75) is 25.4 Å². The van der Waals surface area contributed by atoms with E-state index in [2.05, 4.69) is 4.98 Å². The quantitative estimate of drug-likeness (QED) is 0.864. The molecule has 1 amide bonds. The molecule has 4 heteroatoms. The van der Waals surface area contributed by atoms with Crippen LogP contribution in [0.2, 0.25) is 0 Å². The SMILES string of the molecule is CC1(O)CCN(C(=O)c2ccc3ncccc3c2)CC1. The van der Waals surface area contributed by atoms with E-state index in [0.29, 0.717) is 31.5 Å². The van der Waals surface area contributed by atoms with Gasteiger partial charge < -0.3 is 10.0 Å². The minimum Gasteiger partial charge on any atom is -0.390 e. The number of hydrogen-bond donors (Lipinski definition) is 1. The average Bonchev–Trinajstić information content (AvgIpc) is 2.46. The molecular formula is C16H18N2O2. The molecule has 1 N–H and O–H groups in total. The topological polar surface area (TPSA) is 53.4 Å². The molecule has 0 aliphatic carbocycles. The molecular weight excluding hydrogens is 252 g/mol. The number of aromatic nitrogens is 1. The summed E-state index contributed by atoms with van der Waals surface area (Å²) in [5.74, 6) is 0.0336. The van der Waals surface area contributed by atoms with Gasteiger partial charge in [-0.2, -0.15) is 0 Å². The second-order valence-electron chi connectivity index (χ2n) is 5.70. The Bertz CT molecular complexity index is 642. The summed E-state index contributed by atoms with van der Waals surface area (Å²) in [6, 6.07) is 9.42. The van der Waals surface area contributed by atoms with Gasteiger partial charge in [0.1, 0.15) is 0 Å². The first-order valence-corrected chi connectivity index (χ1v) is 6.92. The molecule has 0 radical (unpaired) electrons. The lowest BCUT2D eigenvalue weighted by atomic mass is 9.93. The van der Waals surface area contributed by atoms with Gasteiger partial charge in [-0.1, -0.05) is 6.07 Å². The Hall–Kier alpha value is -1.94. The molecule has 1 aliphatic rings. The van der Waals surface area contributed by atoms with E-state index < -0.39 is 5.60 Å². The summed E-state index contributed by atoms with van der Waals surface area (Å²) >= 11 is 0. The van der Waals surface area contributed by atoms with Crippen molar-refractivity contribution in [3.8, 4) is 0 Å². The Morgan fingerprint density at radius 2 is 2.05 bits per heavy atom. The van der Waals surface area contributed by atoms with E-state index in [0.717, 1.165) is 10.9 Å². The minimum absolute atomic E-state index is 0.0336. The molecule has 1 fully saturated rings. The Morgan fingerprint density at radius 1 is 1.30 bits per heavy atom. The van der Waals surface area contributed by atoms with Gasteiger partial charge in [-0.25, -0.2) is 0 Å². The molecule has 1 aromatic carbocycles. The maximum Gasteiger partial charge on any atom is 0.253 e. The third kappa shape index (κ3) is 2.51. The summed E-state index contributed by atoms with van der Waals surface area (Å²) in [5, 5.41) is 10.9. The summed E-state index contributed by atoms with van der Waals surface area (Å²) in [7, 11) is 0. The average molecular weight is 270 g/mol. The van der Waals surface area contributed by atoms with Gasteiger partial charge in [0, 0.05) is 30.2 Å². The van der Waals surface area contributed by atoms with Gasteiger partial charge in [0.15, 0.2) is 0 Å². The number of rotatable bonds is 1. The van der Waals surface area contributed by atoms with Crippen LogP contribution < -0.4 is 0 Å². The number of benzene rings is 1. The van der Waals surface area contributed by atoms with Crippen molar-refractivity contribution < 1.29 is 9.90 Å². The van der Waals surface area contributed by atoms with Gasteiger partial charge >= 0.3 is 0 Å². The molecule has 4 nitrogen and oxygen atoms in total. The van der Waals surface area contributed by atoms with E-state index in [4.69, 9.17) is 0 Å². The molecule has 3 rings (SSSR count). The predicted molar refractivity (Wildman–Crippen MR) is 77.5 cm³/mol. The van der Waals surface area contributed by atoms with Crippen LogP contribution in [-0.2, 0) is 0 Å². The molecule has 2 heterocycles. The highest BCUT2D eigenvalue weighted by molar-refractivity contribution is 5.98. The molecule has 0 atom stereocenters. The van der Waals surface area contributed by atoms with Gasteiger partial charge in [0.2, 0.25) is 0 Å². The zero-order valence-corrected chi connectivity index (χ0v) is 11.5. The zero-order valence-electron chi connectivity index (χ0n) is 11.5. The fourth-order valence-electron chi connectivity index (χ4n) is 2.58. The minimum atomic E-state index is -0.635. The van der Waals surface area contributed by atoms with Crippen molar-refractivity contribution in [2.75, 3.05) is 13.1 Å². The van der Waals surface area contributed by atoms with E-state index in [-0.39, 0.29) is 5.91 Å². The molecule has 2 aromatic rings. The third-order valence-corrected chi connectivity index (χ3v) is 3.98. The highest BCUT2D eigenvalue weighted by Gasteiger charge is 2.29. The van der Waals surface area contributed by atoms with Crippen LogP contribution in [0.5, 0.6) is 0 Å². The lowest BCUT2D eigenvalue weighted by molar-refractivity contribution is -0.00201. The van der Waals surface area contributed by atoms with Crippen molar-refractivity contribution in [3.05, 3.63) is 42.1 Å². The summed E-state index contributed by atoms with van der Waals surface area (Å²) in [4.78, 5) is 18.5. The predicted octanol–water partition coefficient (Wildman–Crippen LogP) is 2.22. The van der Waals surface area contributed by atoms with Crippen molar-refractivity contribution in [1.29, 1.82) is 0 Å². The molecule has 20 heavy (non-hydrogen) atoms. The largest absolute Gasteiger partial charge is 0.390 e. The monoisotopic (exact) mass is 270 g/mol. The Labute approximate surface area is 118 Å². The summed E-state index contributed by atoms with van der Waals surface area (Å²) in [6.07, 6.45) is 3.01. The van der Waals surface area contributed by atoms with Crippen LogP contribution in [0.15, 0.2) is 36.5 Å². The first-order chi connectivity index (χ1) is 9.55. The lowest BCUT2D eigenvalue weighted by Crippen LogP contribution is -2.45. The fourth-order valence-corrected chi connectivity index (χ4v) is 2.58. The number of fused-ring (bicyclic) bond motifs is 1. The van der Waals surface area contributed by atoms with Crippen molar-refractivity contribution in [2.24, 2.45) is 0 Å². The van der Waals surface area contributed by atoms with Crippen LogP contribution in [0.4, 0.5) is 0 Å². The van der Waals surface area contributed by atoms with Crippen LogP contribution in [0, 0.1) is 0 Å². The number of hydrogen-bond acceptors (Lipinski definition) is 3. The molecule has 0 saturated carbocycles. The first kappa shape index (κ1) is 13.1. The number of likely N-dealkylation sites (tertiary alicyclic amines) is 1. The normalized spacial score (nSPS) is 18.2. The van der Waals surface area contributed by atoms with Crippen molar-refractivity contribution in [3.63, 3.8) is 0 Å². The number of pyridine rings is 1. The van der Waals surface area contributed by atoms with Gasteiger partial charge in [-0.3, -0.25) is 9.78 Å². The number of aliphatic hydroxyl groups is 1. The Morgan fingerprint density at radius 3 is 2.80 bits per heavy atom. The van der Waals surface area contributed by atoms with Gasteiger partial charge in [0.05, 0.1) is 11.1 Å². The third-order valence-electron chi connectivity index (χ3n) is 3.98. The Kier molecular flexibility index (Phi) is 3.18. The molecule has 104 valence electrons. The lowest BCUT2D eigenvalue weighted by Gasteiger charge is -2.35. The van der Waals surface area contributed by atoms with E-state index in [1.165, 1.54) is 0 Å². The number of nitrogens with zero attached hydrogens (tertiary/aromatic N) is 2. The van der Waals surface area contributed by atoms with Gasteiger partial charge in [-0.15, -0.1) is 0 Å². The highest BCUT2D eigenvalue weighted by Crippen LogP contribution is 2.23. The summed E-state index contributed by atoms with van der Waals surface area (Å²) < 4.78 is 0. The molecule has 0 bridgehead atoms. The first-order valence-electron chi connectivity index (χ1n) is 6.92. The zero-order chi connectivity index (χ0) is 14.2. The van der Waals surface area contributed by atoms with Crippen LogP contribution in [-0.4, -0.2) is 39.6 Å². The fraction of sp³-hybridized carbons (Fsp3) is 0.375. The van der Waals surface area contributed by atoms with E-state index >= 15 is 0 Å². The smallest absolute Gasteiger partial charge is 0.253 e. The molecule has 0 spiro atoms. The van der Waals surface area contributed by atoms with E-state index in [9.17, 15) is 9.90 Å². The maximum atomic E-state index is 12.5. The second-order valence-corrected chi connectivity index (χ2v) is 5.70. The molecule has 1 aromatic heterocycles. The summed E-state index contributed by atoms with van der Waals surface area (Å²) in [5.41, 5.74) is 0.946. The number of piperidine rings is 1. The van der Waals surface area contributed by atoms with Gasteiger partial charge in [0.25, 0.3) is 5.91 Å². The summed E-state index contributed by atoms with van der Waals surface area (Å²) in [6.45, 7) is 3.05. The highest BCUT2D eigenvalue weighted by atomic mass is 16.3. The van der Waals surface area contributed by atoms with Crippen molar-refractivity contribution >= 4 is 16.8 Å². The van der Waals surface area contributed by atoms with Gasteiger partial charge in [-0.05, 0) is 44.0 Å². The molecule has 0 unspecified atom stereocenters.